The van der Waals surface area contributed by atoms with Crippen LogP contribution in [0, 0.1) is 29.5 Å². The van der Waals surface area contributed by atoms with E-state index in [4.69, 9.17) is 52.2 Å². The Kier molecular flexibility index (Phi) is 15.8. The van der Waals surface area contributed by atoms with E-state index >= 15 is 0 Å². The summed E-state index contributed by atoms with van der Waals surface area (Å²) in [4.78, 5) is 61.9. The molecule has 8 N–H and O–H groups in total. The van der Waals surface area contributed by atoms with Gasteiger partial charge in [-0.2, -0.15) is 5.26 Å². The third kappa shape index (κ3) is 12.1. The summed E-state index contributed by atoms with van der Waals surface area (Å²) in [5.74, 6) is -2.62. The second kappa shape index (κ2) is 23.1. The third-order valence-corrected chi connectivity index (χ3v) is 11.4. The Bertz CT molecular complexity index is 3890. The van der Waals surface area contributed by atoms with E-state index in [9.17, 15) is 23.5 Å². The lowest BCUT2D eigenvalue weighted by Gasteiger charge is -2.14. The van der Waals surface area contributed by atoms with Crippen LogP contribution < -0.4 is 22.5 Å². The molecule has 0 bridgehead atoms. The van der Waals surface area contributed by atoms with E-state index in [0.717, 1.165) is 16.5 Å². The van der Waals surface area contributed by atoms with Gasteiger partial charge in [0.05, 0.1) is 62.6 Å². The lowest BCUT2D eigenvalue weighted by Crippen LogP contribution is -2.26. The van der Waals surface area contributed by atoms with Crippen molar-refractivity contribution in [3.8, 4) is 51.1 Å². The molecule has 0 saturated carbocycles. The Morgan fingerprint density at radius 1 is 0.627 bits per heavy atom. The molecule has 75 heavy (non-hydrogen) atoms. The van der Waals surface area contributed by atoms with Crippen LogP contribution in [0.4, 0.5) is 26.2 Å². The number of hydrogen-bond acceptors (Lipinski definition) is 14. The zero-order valence-electron chi connectivity index (χ0n) is 38.8. The Morgan fingerprint density at radius 2 is 1.12 bits per heavy atom. The van der Waals surface area contributed by atoms with Crippen LogP contribution in [-0.4, -0.2) is 56.9 Å². The van der Waals surface area contributed by atoms with Crippen molar-refractivity contribution in [1.29, 1.82) is 5.26 Å². The molecule has 0 unspecified atom stereocenters. The molecule has 1 amide bonds. The Balaban J connectivity index is 0.000000172. The van der Waals surface area contributed by atoms with Gasteiger partial charge in [-0.05, 0) is 109 Å². The van der Waals surface area contributed by atoms with Gasteiger partial charge in [0.2, 0.25) is 0 Å². The number of hydrogen-bond donors (Lipinski definition) is 5. The van der Waals surface area contributed by atoms with Crippen molar-refractivity contribution in [1.82, 2.24) is 45.2 Å². The topological polar surface area (TPSA) is 276 Å². The molecule has 10 rings (SSSR count). The molecule has 0 fully saturated rings. The van der Waals surface area contributed by atoms with Gasteiger partial charge in [-0.1, -0.05) is 54.0 Å². The highest BCUT2D eigenvalue weighted by Crippen LogP contribution is 2.37. The number of nitrogens with zero attached hydrogens (tertiary/aromatic N) is 10. The fourth-order valence-corrected chi connectivity index (χ4v) is 7.90. The zero-order chi connectivity index (χ0) is 53.2. The summed E-state index contributed by atoms with van der Waals surface area (Å²) in [5.41, 5.74) is 23.0. The smallest absolute Gasteiger partial charge is 0.358 e. The van der Waals surface area contributed by atoms with Gasteiger partial charge in [0.25, 0.3) is 11.7 Å². The molecule has 0 aliphatic carbocycles. The Labute approximate surface area is 435 Å². The fraction of sp³-hybridized carbons (Fsp3) is 0.0370. The van der Waals surface area contributed by atoms with Crippen LogP contribution in [0.25, 0.3) is 71.7 Å². The standard InChI is InChI=1S/C27H17ClFN7O.C20H12ClFN4O2.C7H7N3/c28-21-12-17(11-16-3-2-10-32-22(16)21)24-23(15-6-8-18(29)9-7-15)36-26(31)25(35-24)27(37)33-14-20-5-1-4-19(13-30)34-20;21-14-9-12(8-11-2-1-7-24-15(11)14)17-16(10-3-5-13(22)6-4-10)26-19(23)18(25-17)20(27)28;1-9-7-4-2-3-6(5-8)10-7/h1-12H,14H2,(H2,31,36)(H,33,37);1-9H,(H2,23,26)(H,27,28);2-4H,5,8H2. The van der Waals surface area contributed by atoms with Crippen molar-refractivity contribution in [3.63, 3.8) is 0 Å². The quantitative estimate of drug-likeness (QED) is 0.0841. The maximum atomic E-state index is 13.6. The predicted octanol–water partition coefficient (Wildman–Crippen LogP) is 10.5. The highest BCUT2D eigenvalue weighted by atomic mass is 35.5. The lowest BCUT2D eigenvalue weighted by molar-refractivity contribution is 0.0691. The number of fused-ring (bicyclic) bond motifs is 2. The number of carboxylic acid groups (broad SMARTS) is 1. The summed E-state index contributed by atoms with van der Waals surface area (Å²) >= 11 is 12.9. The third-order valence-electron chi connectivity index (χ3n) is 10.8. The van der Waals surface area contributed by atoms with Crippen molar-refractivity contribution in [2.45, 2.75) is 13.1 Å². The summed E-state index contributed by atoms with van der Waals surface area (Å²) < 4.78 is 27.0. The van der Waals surface area contributed by atoms with E-state index in [-0.39, 0.29) is 41.0 Å². The first-order valence-corrected chi connectivity index (χ1v) is 22.9. The molecule has 6 aromatic heterocycles. The van der Waals surface area contributed by atoms with Gasteiger partial charge in [-0.25, -0.2) is 38.5 Å². The van der Waals surface area contributed by atoms with Crippen LogP contribution in [0.3, 0.4) is 0 Å². The van der Waals surface area contributed by atoms with Crippen molar-refractivity contribution < 1.29 is 23.5 Å². The van der Waals surface area contributed by atoms with Gasteiger partial charge in [-0.15, -0.1) is 4.98 Å². The minimum Gasteiger partial charge on any atom is -0.476 e. The van der Waals surface area contributed by atoms with Crippen LogP contribution in [0.15, 0.2) is 146 Å². The number of aromatic carboxylic acids is 1. The number of nitrogen functional groups attached to an aromatic ring is 2. The Hall–Kier alpha value is -9.92. The summed E-state index contributed by atoms with van der Waals surface area (Å²) in [5, 5.41) is 23.5. The molecule has 0 atom stereocenters. The number of pyridine rings is 4. The first kappa shape index (κ1) is 51.4. The van der Waals surface area contributed by atoms with Crippen LogP contribution >= 0.6 is 23.2 Å². The molecule has 0 saturated heterocycles. The normalized spacial score (nSPS) is 10.5. The first-order chi connectivity index (χ1) is 36.2. The first-order valence-electron chi connectivity index (χ1n) is 22.1. The average molecular weight is 1040 g/mol. The van der Waals surface area contributed by atoms with Gasteiger partial charge < -0.3 is 32.5 Å². The summed E-state index contributed by atoms with van der Waals surface area (Å²) in [6.45, 7) is 7.08. The molecular weight excluding hydrogens is 1000 g/mol. The largest absolute Gasteiger partial charge is 0.476 e. The molecule has 0 spiro atoms. The molecule has 4 aromatic carbocycles. The highest BCUT2D eigenvalue weighted by Gasteiger charge is 2.23. The summed E-state index contributed by atoms with van der Waals surface area (Å²) in [6, 6.07) is 37.6. The average Bonchev–Trinajstić information content (AvgIpc) is 3.43. The monoisotopic (exact) mass is 1040 g/mol. The van der Waals surface area contributed by atoms with E-state index in [1.807, 2.05) is 24.3 Å². The lowest BCUT2D eigenvalue weighted by atomic mass is 10.0. The summed E-state index contributed by atoms with van der Waals surface area (Å²) in [6.07, 6.45) is 3.27. The van der Waals surface area contributed by atoms with Crippen LogP contribution in [-0.2, 0) is 13.1 Å². The second-order valence-electron chi connectivity index (χ2n) is 15.8. The fourth-order valence-electron chi connectivity index (χ4n) is 7.35. The predicted molar refractivity (Wildman–Crippen MR) is 281 cm³/mol. The number of nitriles is 1. The minimum atomic E-state index is -1.30. The molecule has 0 aliphatic rings. The van der Waals surface area contributed by atoms with Gasteiger partial charge in [0.15, 0.2) is 23.0 Å². The number of anilines is 2. The van der Waals surface area contributed by atoms with Gasteiger partial charge in [0, 0.05) is 45.4 Å². The molecule has 6 heterocycles. The van der Waals surface area contributed by atoms with Crippen molar-refractivity contribution in [2.24, 2.45) is 5.73 Å². The maximum absolute atomic E-state index is 13.6. The number of rotatable bonds is 9. The molecule has 17 nitrogen and oxygen atoms in total. The van der Waals surface area contributed by atoms with Crippen molar-refractivity contribution >= 4 is 74.3 Å². The van der Waals surface area contributed by atoms with E-state index in [2.05, 4.69) is 50.0 Å². The van der Waals surface area contributed by atoms with E-state index in [0.29, 0.717) is 78.5 Å². The molecule has 0 radical (unpaired) electrons. The van der Waals surface area contributed by atoms with Gasteiger partial charge in [0.1, 0.15) is 29.1 Å². The number of nitrogens with two attached hydrogens (primary N) is 3. The van der Waals surface area contributed by atoms with E-state index in [1.54, 1.807) is 91.3 Å². The van der Waals surface area contributed by atoms with Gasteiger partial charge >= 0.3 is 5.97 Å². The van der Waals surface area contributed by atoms with Crippen LogP contribution in [0.2, 0.25) is 10.0 Å². The molecule has 21 heteroatoms. The highest BCUT2D eigenvalue weighted by molar-refractivity contribution is 6.36. The molecule has 0 aliphatic heterocycles. The molecule has 10 aromatic rings. The number of nitrogens with one attached hydrogen (secondary N) is 1. The number of carboxylic acids is 1. The number of carbonyl (C=O) groups is 2. The van der Waals surface area contributed by atoms with Crippen molar-refractivity contribution in [3.05, 3.63) is 207 Å². The maximum Gasteiger partial charge on any atom is 0.358 e. The second-order valence-corrected chi connectivity index (χ2v) is 16.6. The van der Waals surface area contributed by atoms with Crippen molar-refractivity contribution in [2.75, 3.05) is 11.5 Å². The number of carbonyl (C=O) groups excluding carboxylic acids is 1. The minimum absolute atomic E-state index is 0.0536. The number of benzene rings is 4. The van der Waals surface area contributed by atoms with E-state index in [1.165, 1.54) is 36.4 Å². The van der Waals surface area contributed by atoms with Gasteiger partial charge in [-0.3, -0.25) is 14.8 Å². The van der Waals surface area contributed by atoms with E-state index < -0.39 is 23.5 Å². The number of halogens is 4. The number of aromatic nitrogens is 8. The summed E-state index contributed by atoms with van der Waals surface area (Å²) in [7, 11) is 0. The molecular formula is C54H36Cl2F2N14O3. The van der Waals surface area contributed by atoms with Crippen LogP contribution in [0.1, 0.15) is 38.1 Å². The van der Waals surface area contributed by atoms with Crippen LogP contribution in [0.5, 0.6) is 0 Å². The molecule has 368 valence electrons. The SMILES string of the molecule is N#Cc1cccc(CNC(=O)c2nc(-c3cc(Cl)c4ncccc4c3)c(-c3ccc(F)cc3)nc2N)n1.Nc1nc(-c2ccc(F)cc2)c(-c2cc(Cl)c3ncccc3c2)nc1C(=O)O.[C-]#[N+]c1cccc(CN)n1. The zero-order valence-corrected chi connectivity index (χ0v) is 40.3. The Morgan fingerprint density at radius 3 is 1.63 bits per heavy atom. The number of amides is 1.